The molecule has 2 aromatic rings. The Balaban J connectivity index is 2.18. The van der Waals surface area contributed by atoms with E-state index in [2.05, 4.69) is 0 Å². The molecule has 1 aliphatic heterocycles. The van der Waals surface area contributed by atoms with Gasteiger partial charge in [0.05, 0.1) is 11.8 Å². The van der Waals surface area contributed by atoms with Crippen LogP contribution in [0.5, 0.6) is 17.2 Å². The highest BCUT2D eigenvalue weighted by molar-refractivity contribution is 7.94. The Morgan fingerprint density at radius 2 is 1.37 bits per heavy atom. The molecule has 11 heteroatoms. The van der Waals surface area contributed by atoms with Gasteiger partial charge < -0.3 is 19.1 Å². The summed E-state index contributed by atoms with van der Waals surface area (Å²) in [4.78, 5) is 50.0. The number of hydrogen-bond acceptors (Lipinski definition) is 9. The molecule has 0 saturated heterocycles. The Kier molecular flexibility index (Phi) is 7.39. The molecule has 0 aromatic heterocycles. The fourth-order valence-electron chi connectivity index (χ4n) is 3.43. The third kappa shape index (κ3) is 6.33. The van der Waals surface area contributed by atoms with E-state index in [1.165, 1.54) is 11.0 Å². The lowest BCUT2D eigenvalue weighted by atomic mass is 10.1. The van der Waals surface area contributed by atoms with Gasteiger partial charge in [-0.05, 0) is 37.3 Å². The molecule has 10 nitrogen and oxygen atoms in total. The van der Waals surface area contributed by atoms with E-state index in [9.17, 15) is 27.6 Å². The maximum absolute atomic E-state index is 13.7. The highest BCUT2D eigenvalue weighted by Gasteiger charge is 2.33. The summed E-state index contributed by atoms with van der Waals surface area (Å²) in [5.41, 5.74) is 1.24. The van der Waals surface area contributed by atoms with Crippen molar-refractivity contribution in [2.75, 3.05) is 10.7 Å². The zero-order chi connectivity index (χ0) is 25.9. The Morgan fingerprint density at radius 3 is 1.80 bits per heavy atom. The second-order valence-electron chi connectivity index (χ2n) is 7.82. The van der Waals surface area contributed by atoms with Crippen molar-refractivity contribution in [3.05, 3.63) is 59.0 Å². The van der Waals surface area contributed by atoms with Crippen LogP contribution in [0.25, 0.3) is 0 Å². The number of sulfone groups is 1. The fraction of sp³-hybridized carbons (Fsp3) is 0.250. The standard InChI is InChI=1S/C24H23NO9S/c1-14-5-7-19(8-6-14)25(20-9-10-35(30,31)13-20)24(29)18-11-21(32-15(2)26)23(34-17(4)28)22(12-18)33-16(3)27/h5-12,20H,13H2,1-4H3/t20-/m1/s1. The number of amides is 1. The monoisotopic (exact) mass is 501 g/mol. The molecule has 1 aliphatic rings. The summed E-state index contributed by atoms with van der Waals surface area (Å²) in [7, 11) is -3.51. The molecule has 3 rings (SSSR count). The molecule has 0 saturated carbocycles. The number of benzene rings is 2. The molecule has 1 atom stereocenters. The van der Waals surface area contributed by atoms with Crippen molar-refractivity contribution in [3.63, 3.8) is 0 Å². The van der Waals surface area contributed by atoms with E-state index in [0.717, 1.165) is 43.9 Å². The van der Waals surface area contributed by atoms with Crippen molar-refractivity contribution >= 4 is 39.3 Å². The minimum atomic E-state index is -3.51. The van der Waals surface area contributed by atoms with Crippen molar-refractivity contribution in [2.24, 2.45) is 0 Å². The molecule has 0 aliphatic carbocycles. The van der Waals surface area contributed by atoms with Crippen LogP contribution in [0, 0.1) is 6.92 Å². The topological polar surface area (TPSA) is 133 Å². The van der Waals surface area contributed by atoms with E-state index in [1.807, 2.05) is 6.92 Å². The number of nitrogens with zero attached hydrogens (tertiary/aromatic N) is 1. The SMILES string of the molecule is CC(=O)Oc1cc(C(=O)N(c2ccc(C)cc2)[C@@H]2C=CS(=O)(=O)C2)cc(OC(C)=O)c1OC(C)=O. The molecule has 184 valence electrons. The quantitative estimate of drug-likeness (QED) is 0.433. The molecule has 0 bridgehead atoms. The van der Waals surface area contributed by atoms with Gasteiger partial charge in [-0.3, -0.25) is 19.2 Å². The normalized spacial score (nSPS) is 15.8. The van der Waals surface area contributed by atoms with E-state index in [0.29, 0.717) is 5.69 Å². The summed E-state index contributed by atoms with van der Waals surface area (Å²) in [6.45, 7) is 5.16. The minimum absolute atomic E-state index is 0.105. The second kappa shape index (κ2) is 10.1. The summed E-state index contributed by atoms with van der Waals surface area (Å²) in [6, 6.07) is 8.35. The number of aryl methyl sites for hydroxylation is 1. The van der Waals surface area contributed by atoms with Gasteiger partial charge in [-0.15, -0.1) is 0 Å². The second-order valence-corrected chi connectivity index (χ2v) is 9.75. The number of carbonyl (C=O) groups is 4. The van der Waals surface area contributed by atoms with Crippen molar-refractivity contribution in [1.29, 1.82) is 0 Å². The smallest absolute Gasteiger partial charge is 0.308 e. The molecule has 0 unspecified atom stereocenters. The van der Waals surface area contributed by atoms with E-state index in [-0.39, 0.29) is 28.6 Å². The molecule has 0 spiro atoms. The number of hydrogen-bond donors (Lipinski definition) is 0. The van der Waals surface area contributed by atoms with E-state index < -0.39 is 39.7 Å². The van der Waals surface area contributed by atoms with Gasteiger partial charge in [0.15, 0.2) is 21.3 Å². The maximum Gasteiger partial charge on any atom is 0.308 e. The first-order chi connectivity index (χ1) is 16.4. The van der Waals surface area contributed by atoms with Gasteiger partial charge in [0.25, 0.3) is 5.91 Å². The lowest BCUT2D eigenvalue weighted by Crippen LogP contribution is -2.41. The third-order valence-electron chi connectivity index (χ3n) is 4.79. The summed E-state index contributed by atoms with van der Waals surface area (Å²) < 4.78 is 39.6. The van der Waals surface area contributed by atoms with Crippen LogP contribution in [-0.4, -0.2) is 44.0 Å². The van der Waals surface area contributed by atoms with Crippen LogP contribution in [0.1, 0.15) is 36.7 Å². The largest absolute Gasteiger partial charge is 0.423 e. The van der Waals surface area contributed by atoms with Gasteiger partial charge in [-0.2, -0.15) is 0 Å². The summed E-state index contributed by atoms with van der Waals surface area (Å²) in [5.74, 6) is -4.35. The van der Waals surface area contributed by atoms with Crippen LogP contribution in [-0.2, 0) is 24.2 Å². The first-order valence-corrected chi connectivity index (χ1v) is 12.1. The summed E-state index contributed by atoms with van der Waals surface area (Å²) in [5, 5.41) is 1.05. The molecule has 1 heterocycles. The maximum atomic E-state index is 13.7. The van der Waals surface area contributed by atoms with Crippen molar-refractivity contribution in [1.82, 2.24) is 0 Å². The third-order valence-corrected chi connectivity index (χ3v) is 6.17. The van der Waals surface area contributed by atoms with Gasteiger partial charge in [0.2, 0.25) is 5.75 Å². The molecule has 35 heavy (non-hydrogen) atoms. The Labute approximate surface area is 202 Å². The van der Waals surface area contributed by atoms with Crippen LogP contribution >= 0.6 is 0 Å². The highest BCUT2D eigenvalue weighted by Crippen LogP contribution is 2.40. The molecule has 0 radical (unpaired) electrons. The average molecular weight is 502 g/mol. The van der Waals surface area contributed by atoms with Gasteiger partial charge in [-0.25, -0.2) is 8.42 Å². The number of ether oxygens (including phenoxy) is 3. The molecular formula is C24H23NO9S. The first-order valence-electron chi connectivity index (χ1n) is 10.4. The van der Waals surface area contributed by atoms with E-state index >= 15 is 0 Å². The van der Waals surface area contributed by atoms with Crippen LogP contribution in [0.3, 0.4) is 0 Å². The first kappa shape index (κ1) is 25.6. The van der Waals surface area contributed by atoms with Gasteiger partial charge in [-0.1, -0.05) is 17.7 Å². The van der Waals surface area contributed by atoms with Crippen molar-refractivity contribution in [3.8, 4) is 17.2 Å². The Bertz CT molecular complexity index is 1290. The highest BCUT2D eigenvalue weighted by atomic mass is 32.2. The zero-order valence-electron chi connectivity index (χ0n) is 19.4. The molecule has 0 fully saturated rings. The van der Waals surface area contributed by atoms with E-state index in [1.54, 1.807) is 24.3 Å². The molecule has 1 amide bonds. The summed E-state index contributed by atoms with van der Waals surface area (Å²) >= 11 is 0. The predicted octanol–water partition coefficient (Wildman–Crippen LogP) is 2.73. The number of esters is 3. The van der Waals surface area contributed by atoms with Crippen molar-refractivity contribution in [2.45, 2.75) is 33.7 Å². The lowest BCUT2D eigenvalue weighted by Gasteiger charge is -2.28. The van der Waals surface area contributed by atoms with E-state index in [4.69, 9.17) is 14.2 Å². The number of rotatable bonds is 6. The average Bonchev–Trinajstić information content (AvgIpc) is 3.09. The molecule has 2 aromatic carbocycles. The molecular weight excluding hydrogens is 478 g/mol. The van der Waals surface area contributed by atoms with Crippen molar-refractivity contribution < 1.29 is 41.8 Å². The van der Waals surface area contributed by atoms with Gasteiger partial charge >= 0.3 is 17.9 Å². The van der Waals surface area contributed by atoms with Crippen LogP contribution in [0.4, 0.5) is 5.69 Å². The van der Waals surface area contributed by atoms with Gasteiger partial charge in [0.1, 0.15) is 0 Å². The molecule has 0 N–H and O–H groups in total. The van der Waals surface area contributed by atoms with Gasteiger partial charge in [0, 0.05) is 37.4 Å². The number of carbonyl (C=O) groups excluding carboxylic acids is 4. The Hall–Kier alpha value is -3.99. The van der Waals surface area contributed by atoms with Crippen LogP contribution in [0.15, 0.2) is 47.9 Å². The Morgan fingerprint density at radius 1 is 0.857 bits per heavy atom. The minimum Gasteiger partial charge on any atom is -0.423 e. The lowest BCUT2D eigenvalue weighted by molar-refractivity contribution is -0.135. The zero-order valence-corrected chi connectivity index (χ0v) is 20.2. The summed E-state index contributed by atoms with van der Waals surface area (Å²) in [6.07, 6.45) is 1.40. The fourth-order valence-corrected chi connectivity index (χ4v) is 4.70. The number of anilines is 1. The van der Waals surface area contributed by atoms with Crippen LogP contribution < -0.4 is 19.1 Å². The van der Waals surface area contributed by atoms with Crippen LogP contribution in [0.2, 0.25) is 0 Å². The predicted molar refractivity (Wildman–Crippen MR) is 125 cm³/mol.